The van der Waals surface area contributed by atoms with Gasteiger partial charge in [-0.1, -0.05) is 13.8 Å². The Morgan fingerprint density at radius 2 is 2.21 bits per heavy atom. The van der Waals surface area contributed by atoms with E-state index in [4.69, 9.17) is 0 Å². The molecule has 0 aliphatic rings. The van der Waals surface area contributed by atoms with E-state index in [2.05, 4.69) is 28.6 Å². The average Bonchev–Trinajstić information content (AvgIpc) is 2.44. The van der Waals surface area contributed by atoms with Crippen molar-refractivity contribution in [1.29, 1.82) is 0 Å². The summed E-state index contributed by atoms with van der Waals surface area (Å²) in [5, 5.41) is 0. The predicted octanol–water partition coefficient (Wildman–Crippen LogP) is 1.70. The minimum Gasteiger partial charge on any atom is -0.464 e. The number of esters is 1. The molecule has 1 aromatic heterocycles. The molecule has 0 radical (unpaired) electrons. The first-order chi connectivity index (χ1) is 6.54. The molecule has 1 aromatic rings. The minimum atomic E-state index is -0.370. The summed E-state index contributed by atoms with van der Waals surface area (Å²) in [6.45, 7) is 6.02. The number of carbonyl (C=O) groups is 1. The summed E-state index contributed by atoms with van der Waals surface area (Å²) in [6, 6.07) is 0. The van der Waals surface area contributed by atoms with E-state index in [1.54, 1.807) is 0 Å². The number of aromatic amines is 1. The summed E-state index contributed by atoms with van der Waals surface area (Å²) in [6.07, 6.45) is 0.811. The zero-order chi connectivity index (χ0) is 10.7. The Labute approximate surface area is 83.7 Å². The van der Waals surface area contributed by atoms with E-state index in [9.17, 15) is 4.79 Å². The van der Waals surface area contributed by atoms with E-state index in [0.29, 0.717) is 11.6 Å². The Morgan fingerprint density at radius 1 is 1.57 bits per heavy atom. The number of rotatable bonds is 3. The Bertz CT molecular complexity index is 329. The van der Waals surface area contributed by atoms with E-state index < -0.39 is 0 Å². The molecule has 78 valence electrons. The number of carbonyl (C=O) groups excluding carboxylic acids is 1. The second kappa shape index (κ2) is 4.26. The Morgan fingerprint density at radius 3 is 2.71 bits per heavy atom. The number of aryl methyl sites for hydroxylation is 1. The third-order valence-corrected chi connectivity index (χ3v) is 1.89. The molecule has 0 fully saturated rings. The maximum absolute atomic E-state index is 11.3. The van der Waals surface area contributed by atoms with Crippen LogP contribution in [0.25, 0.3) is 0 Å². The SMILES string of the molecule is COC(=O)c1nc(C)[nH]c1CC(C)C. The summed E-state index contributed by atoms with van der Waals surface area (Å²) < 4.78 is 4.65. The summed E-state index contributed by atoms with van der Waals surface area (Å²) in [7, 11) is 1.37. The largest absolute Gasteiger partial charge is 0.464 e. The molecular weight excluding hydrogens is 180 g/mol. The molecule has 0 amide bonds. The number of nitrogens with zero attached hydrogens (tertiary/aromatic N) is 1. The van der Waals surface area contributed by atoms with Crippen molar-refractivity contribution in [3.05, 3.63) is 17.2 Å². The first-order valence-electron chi connectivity index (χ1n) is 4.68. The van der Waals surface area contributed by atoms with Crippen LogP contribution < -0.4 is 0 Å². The molecule has 0 unspecified atom stereocenters. The van der Waals surface area contributed by atoms with Gasteiger partial charge in [0.25, 0.3) is 0 Å². The monoisotopic (exact) mass is 196 g/mol. The maximum atomic E-state index is 11.3. The quantitative estimate of drug-likeness (QED) is 0.748. The van der Waals surface area contributed by atoms with Gasteiger partial charge < -0.3 is 9.72 Å². The highest BCUT2D eigenvalue weighted by Crippen LogP contribution is 2.12. The lowest BCUT2D eigenvalue weighted by Crippen LogP contribution is -2.07. The lowest BCUT2D eigenvalue weighted by molar-refractivity contribution is 0.0593. The zero-order valence-corrected chi connectivity index (χ0v) is 9.05. The molecular formula is C10H16N2O2. The Balaban J connectivity index is 2.96. The van der Waals surface area contributed by atoms with Gasteiger partial charge in [-0.15, -0.1) is 0 Å². The molecule has 4 heteroatoms. The van der Waals surface area contributed by atoms with Crippen molar-refractivity contribution < 1.29 is 9.53 Å². The third kappa shape index (κ3) is 2.34. The standard InChI is InChI=1S/C10H16N2O2/c1-6(2)5-8-9(10(13)14-4)12-7(3)11-8/h6H,5H2,1-4H3,(H,11,12). The second-order valence-electron chi connectivity index (χ2n) is 3.74. The molecule has 1 rings (SSSR count). The van der Waals surface area contributed by atoms with E-state index >= 15 is 0 Å². The Kier molecular flexibility index (Phi) is 3.28. The number of hydrogen-bond acceptors (Lipinski definition) is 3. The molecule has 4 nitrogen and oxygen atoms in total. The van der Waals surface area contributed by atoms with Crippen molar-refractivity contribution in [3.63, 3.8) is 0 Å². The number of methoxy groups -OCH3 is 1. The average molecular weight is 196 g/mol. The molecule has 0 aliphatic heterocycles. The number of H-pyrrole nitrogens is 1. The summed E-state index contributed by atoms with van der Waals surface area (Å²) >= 11 is 0. The van der Waals surface area contributed by atoms with Crippen LogP contribution in [0.3, 0.4) is 0 Å². The number of hydrogen-bond donors (Lipinski definition) is 1. The normalized spacial score (nSPS) is 10.6. The van der Waals surface area contributed by atoms with Crippen LogP contribution in [0.4, 0.5) is 0 Å². The maximum Gasteiger partial charge on any atom is 0.358 e. The van der Waals surface area contributed by atoms with E-state index in [-0.39, 0.29) is 5.97 Å². The molecule has 0 bridgehead atoms. The smallest absolute Gasteiger partial charge is 0.358 e. The highest BCUT2D eigenvalue weighted by Gasteiger charge is 2.17. The van der Waals surface area contributed by atoms with Gasteiger partial charge in [0.15, 0.2) is 5.69 Å². The first-order valence-corrected chi connectivity index (χ1v) is 4.68. The van der Waals surface area contributed by atoms with Gasteiger partial charge in [0.2, 0.25) is 0 Å². The van der Waals surface area contributed by atoms with Gasteiger partial charge in [-0.25, -0.2) is 9.78 Å². The van der Waals surface area contributed by atoms with Gasteiger partial charge in [-0.3, -0.25) is 0 Å². The first kappa shape index (κ1) is 10.8. The van der Waals surface area contributed by atoms with Crippen molar-refractivity contribution in [2.45, 2.75) is 27.2 Å². The van der Waals surface area contributed by atoms with Gasteiger partial charge in [0, 0.05) is 5.69 Å². The van der Waals surface area contributed by atoms with Crippen LogP contribution in [0, 0.1) is 12.8 Å². The van der Waals surface area contributed by atoms with Crippen LogP contribution in [0.15, 0.2) is 0 Å². The summed E-state index contributed by atoms with van der Waals surface area (Å²) in [5.74, 6) is 0.865. The van der Waals surface area contributed by atoms with E-state index in [1.165, 1.54) is 7.11 Å². The molecule has 0 atom stereocenters. The Hall–Kier alpha value is -1.32. The highest BCUT2D eigenvalue weighted by atomic mass is 16.5. The minimum absolute atomic E-state index is 0.370. The van der Waals surface area contributed by atoms with Gasteiger partial charge in [0.05, 0.1) is 7.11 Å². The topological polar surface area (TPSA) is 55.0 Å². The second-order valence-corrected chi connectivity index (χ2v) is 3.74. The molecule has 0 aliphatic carbocycles. The summed E-state index contributed by atoms with van der Waals surface area (Å²) in [4.78, 5) is 18.5. The molecule has 0 saturated carbocycles. The van der Waals surface area contributed by atoms with Crippen molar-refractivity contribution in [1.82, 2.24) is 9.97 Å². The predicted molar refractivity (Wildman–Crippen MR) is 53.2 cm³/mol. The fourth-order valence-corrected chi connectivity index (χ4v) is 1.36. The van der Waals surface area contributed by atoms with Crippen molar-refractivity contribution in [2.75, 3.05) is 7.11 Å². The van der Waals surface area contributed by atoms with Gasteiger partial charge in [0.1, 0.15) is 5.82 Å². The van der Waals surface area contributed by atoms with Crippen LogP contribution >= 0.6 is 0 Å². The zero-order valence-electron chi connectivity index (χ0n) is 9.05. The number of ether oxygens (including phenoxy) is 1. The van der Waals surface area contributed by atoms with Gasteiger partial charge in [-0.05, 0) is 19.3 Å². The van der Waals surface area contributed by atoms with Crippen molar-refractivity contribution in [3.8, 4) is 0 Å². The lowest BCUT2D eigenvalue weighted by Gasteiger charge is -2.03. The van der Waals surface area contributed by atoms with Crippen molar-refractivity contribution in [2.24, 2.45) is 5.92 Å². The molecule has 14 heavy (non-hydrogen) atoms. The fourth-order valence-electron chi connectivity index (χ4n) is 1.36. The molecule has 1 N–H and O–H groups in total. The highest BCUT2D eigenvalue weighted by molar-refractivity contribution is 5.88. The van der Waals surface area contributed by atoms with Crippen LogP contribution in [0.2, 0.25) is 0 Å². The molecule has 1 heterocycles. The third-order valence-electron chi connectivity index (χ3n) is 1.89. The van der Waals surface area contributed by atoms with Crippen molar-refractivity contribution >= 4 is 5.97 Å². The van der Waals surface area contributed by atoms with E-state index in [1.807, 2.05) is 6.92 Å². The van der Waals surface area contributed by atoms with Crippen LogP contribution in [-0.4, -0.2) is 23.0 Å². The molecule has 0 spiro atoms. The number of imidazole rings is 1. The van der Waals surface area contributed by atoms with Crippen LogP contribution in [-0.2, 0) is 11.2 Å². The molecule has 0 aromatic carbocycles. The number of aromatic nitrogens is 2. The van der Waals surface area contributed by atoms with Crippen LogP contribution in [0.1, 0.15) is 35.9 Å². The van der Waals surface area contributed by atoms with Gasteiger partial charge >= 0.3 is 5.97 Å². The lowest BCUT2D eigenvalue weighted by atomic mass is 10.1. The number of nitrogens with one attached hydrogen (secondary N) is 1. The fraction of sp³-hybridized carbons (Fsp3) is 0.600. The molecule has 0 saturated heterocycles. The van der Waals surface area contributed by atoms with Gasteiger partial charge in [-0.2, -0.15) is 0 Å². The van der Waals surface area contributed by atoms with E-state index in [0.717, 1.165) is 17.9 Å². The van der Waals surface area contributed by atoms with Crippen LogP contribution in [0.5, 0.6) is 0 Å². The summed E-state index contributed by atoms with van der Waals surface area (Å²) in [5.41, 5.74) is 1.28.